The van der Waals surface area contributed by atoms with Gasteiger partial charge in [0.05, 0.1) is 6.61 Å². The van der Waals surface area contributed by atoms with Crippen molar-refractivity contribution in [3.05, 3.63) is 12.8 Å². The molecule has 0 radical (unpaired) electrons. The Morgan fingerprint density at radius 2 is 1.38 bits per heavy atom. The highest BCUT2D eigenvalue weighted by molar-refractivity contribution is 4.53. The zero-order valence-electron chi connectivity index (χ0n) is 11.0. The molecule has 0 fully saturated rings. The maximum Gasteiger partial charge on any atom is 0.0745 e. The van der Waals surface area contributed by atoms with Gasteiger partial charge in [-0.1, -0.05) is 71.3 Å². The Balaban J connectivity index is 2.85. The first-order valence-electron chi connectivity index (χ1n) is 6.90. The molecule has 0 aliphatic rings. The van der Waals surface area contributed by atoms with E-state index in [1.165, 1.54) is 57.8 Å². The van der Waals surface area contributed by atoms with Crippen LogP contribution in [-0.4, -0.2) is 6.61 Å². The Morgan fingerprint density at radius 1 is 0.875 bits per heavy atom. The summed E-state index contributed by atoms with van der Waals surface area (Å²) in [4.78, 5) is 5.09. The van der Waals surface area contributed by atoms with Gasteiger partial charge in [-0.15, -0.1) is 0 Å². The highest BCUT2D eigenvalue weighted by atomic mass is 16.6. The lowest BCUT2D eigenvalue weighted by atomic mass is 10.1. The summed E-state index contributed by atoms with van der Waals surface area (Å²) in [6.45, 7) is 6.57. The van der Waals surface area contributed by atoms with E-state index in [9.17, 15) is 0 Å². The van der Waals surface area contributed by atoms with Crippen molar-refractivity contribution in [1.29, 1.82) is 0 Å². The molecule has 0 aromatic rings. The fourth-order valence-corrected chi connectivity index (χ4v) is 1.78. The Kier molecular flexibility index (Phi) is 14.0. The van der Waals surface area contributed by atoms with E-state index in [1.807, 2.05) is 0 Å². The van der Waals surface area contributed by atoms with Crippen LogP contribution in [0.1, 0.15) is 71.1 Å². The summed E-state index contributed by atoms with van der Waals surface area (Å²) in [6.07, 6.45) is 15.2. The number of hydrogen-bond donors (Lipinski definition) is 1. The van der Waals surface area contributed by atoms with Crippen molar-refractivity contribution in [2.75, 3.05) is 6.61 Å². The molecule has 0 spiro atoms. The van der Waals surface area contributed by atoms with Gasteiger partial charge >= 0.3 is 0 Å². The van der Waals surface area contributed by atoms with Crippen LogP contribution in [0.2, 0.25) is 0 Å². The maximum absolute atomic E-state index is 5.09. The zero-order valence-corrected chi connectivity index (χ0v) is 11.0. The lowest BCUT2D eigenvalue weighted by Crippen LogP contribution is -2.06. The minimum atomic E-state index is 0.794. The molecule has 0 rings (SSSR count). The van der Waals surface area contributed by atoms with Crippen LogP contribution in [0.15, 0.2) is 12.8 Å². The van der Waals surface area contributed by atoms with Crippen molar-refractivity contribution < 1.29 is 4.84 Å². The van der Waals surface area contributed by atoms with Crippen molar-refractivity contribution >= 4 is 0 Å². The van der Waals surface area contributed by atoms with Gasteiger partial charge in [-0.25, -0.2) is 0 Å². The van der Waals surface area contributed by atoms with Gasteiger partial charge in [-0.2, -0.15) is 0 Å². The number of hydroxylamine groups is 1. The van der Waals surface area contributed by atoms with E-state index in [2.05, 4.69) is 19.0 Å². The van der Waals surface area contributed by atoms with Gasteiger partial charge in [0.25, 0.3) is 0 Å². The van der Waals surface area contributed by atoms with Gasteiger partial charge in [-0.3, -0.25) is 10.3 Å². The Hall–Kier alpha value is -0.500. The molecule has 0 bridgehead atoms. The average Bonchev–Trinajstić information content (AvgIpc) is 2.31. The van der Waals surface area contributed by atoms with E-state index in [1.54, 1.807) is 6.20 Å². The van der Waals surface area contributed by atoms with Crippen molar-refractivity contribution in [2.45, 2.75) is 71.1 Å². The molecule has 2 heteroatoms. The normalized spacial score (nSPS) is 10.3. The molecule has 0 aromatic heterocycles. The van der Waals surface area contributed by atoms with Crippen molar-refractivity contribution in [3.63, 3.8) is 0 Å². The number of hydrogen-bond acceptors (Lipinski definition) is 2. The van der Waals surface area contributed by atoms with E-state index in [4.69, 9.17) is 4.84 Å². The highest BCUT2D eigenvalue weighted by Gasteiger charge is 1.92. The second-order valence-electron chi connectivity index (χ2n) is 4.35. The van der Waals surface area contributed by atoms with Crippen molar-refractivity contribution in [3.8, 4) is 0 Å². The summed E-state index contributed by atoms with van der Waals surface area (Å²) in [5.41, 5.74) is 2.64. The Bertz CT molecular complexity index is 137. The molecular weight excluding hydrogens is 198 g/mol. The standard InChI is InChI=1S/C14H29NO/c1-3-5-6-7-8-9-10-11-12-13-14-16-15-4-2/h4,15H,2-3,5-14H2,1H3. The lowest BCUT2D eigenvalue weighted by molar-refractivity contribution is 0.0683. The number of rotatable bonds is 13. The summed E-state index contributed by atoms with van der Waals surface area (Å²) in [5, 5.41) is 0. The summed E-state index contributed by atoms with van der Waals surface area (Å²) in [7, 11) is 0. The van der Waals surface area contributed by atoms with Crippen molar-refractivity contribution in [2.24, 2.45) is 0 Å². The summed E-state index contributed by atoms with van der Waals surface area (Å²) in [6, 6.07) is 0. The van der Waals surface area contributed by atoms with E-state index in [-0.39, 0.29) is 0 Å². The fraction of sp³-hybridized carbons (Fsp3) is 0.857. The molecule has 0 aromatic carbocycles. The molecule has 0 unspecified atom stereocenters. The van der Waals surface area contributed by atoms with Gasteiger partial charge in [-0.05, 0) is 6.42 Å². The van der Waals surface area contributed by atoms with Crippen LogP contribution in [0.25, 0.3) is 0 Å². The predicted octanol–water partition coefficient (Wildman–Crippen LogP) is 4.57. The molecule has 0 aliphatic carbocycles. The molecular formula is C14H29NO. The minimum absolute atomic E-state index is 0.794. The molecule has 16 heavy (non-hydrogen) atoms. The average molecular weight is 227 g/mol. The quantitative estimate of drug-likeness (QED) is 0.367. The molecule has 1 N–H and O–H groups in total. The molecule has 0 heterocycles. The highest BCUT2D eigenvalue weighted by Crippen LogP contribution is 2.10. The van der Waals surface area contributed by atoms with Gasteiger partial charge in [0.1, 0.15) is 0 Å². The van der Waals surface area contributed by atoms with Gasteiger partial charge in [0, 0.05) is 6.20 Å². The van der Waals surface area contributed by atoms with Crippen LogP contribution in [-0.2, 0) is 4.84 Å². The smallest absolute Gasteiger partial charge is 0.0745 e. The lowest BCUT2D eigenvalue weighted by Gasteiger charge is -2.03. The van der Waals surface area contributed by atoms with Crippen LogP contribution in [0, 0.1) is 0 Å². The molecule has 0 saturated heterocycles. The first kappa shape index (κ1) is 15.5. The number of nitrogens with one attached hydrogen (secondary N) is 1. The topological polar surface area (TPSA) is 21.3 Å². The number of unbranched alkanes of at least 4 members (excludes halogenated alkanes) is 9. The van der Waals surface area contributed by atoms with Gasteiger partial charge in [0.2, 0.25) is 0 Å². The largest absolute Gasteiger partial charge is 0.277 e. The molecule has 0 aliphatic heterocycles. The molecule has 96 valence electrons. The van der Waals surface area contributed by atoms with Gasteiger partial charge < -0.3 is 0 Å². The second kappa shape index (κ2) is 14.5. The van der Waals surface area contributed by atoms with E-state index in [0.29, 0.717) is 0 Å². The summed E-state index contributed by atoms with van der Waals surface area (Å²) in [5.74, 6) is 0. The third kappa shape index (κ3) is 13.5. The molecule has 0 saturated carbocycles. The van der Waals surface area contributed by atoms with Crippen LogP contribution in [0.5, 0.6) is 0 Å². The molecule has 0 atom stereocenters. The second-order valence-corrected chi connectivity index (χ2v) is 4.35. The van der Waals surface area contributed by atoms with Crippen LogP contribution in [0.4, 0.5) is 0 Å². The zero-order chi connectivity index (χ0) is 11.9. The maximum atomic E-state index is 5.09. The third-order valence-electron chi connectivity index (χ3n) is 2.77. The first-order chi connectivity index (χ1) is 7.91. The van der Waals surface area contributed by atoms with Crippen LogP contribution in [0.3, 0.4) is 0 Å². The van der Waals surface area contributed by atoms with Crippen LogP contribution < -0.4 is 5.48 Å². The SMILES string of the molecule is C=CNOCCCCCCCCCCCC. The predicted molar refractivity (Wildman–Crippen MR) is 71.1 cm³/mol. The van der Waals surface area contributed by atoms with E-state index < -0.39 is 0 Å². The van der Waals surface area contributed by atoms with E-state index >= 15 is 0 Å². The minimum Gasteiger partial charge on any atom is -0.277 e. The Morgan fingerprint density at radius 3 is 1.88 bits per heavy atom. The van der Waals surface area contributed by atoms with Gasteiger partial charge in [0.15, 0.2) is 0 Å². The molecule has 0 amide bonds. The third-order valence-corrected chi connectivity index (χ3v) is 2.77. The van der Waals surface area contributed by atoms with Crippen LogP contribution >= 0.6 is 0 Å². The first-order valence-corrected chi connectivity index (χ1v) is 6.90. The molecule has 2 nitrogen and oxygen atoms in total. The fourth-order valence-electron chi connectivity index (χ4n) is 1.78. The summed E-state index contributed by atoms with van der Waals surface area (Å²) < 4.78 is 0. The monoisotopic (exact) mass is 227 g/mol. The summed E-state index contributed by atoms with van der Waals surface area (Å²) >= 11 is 0. The Labute approximate surface area is 101 Å². The van der Waals surface area contributed by atoms with E-state index in [0.717, 1.165) is 13.0 Å². The van der Waals surface area contributed by atoms with Crippen molar-refractivity contribution in [1.82, 2.24) is 5.48 Å².